The minimum atomic E-state index is -0.236. The number of halogens is 1. The number of nitrogens with zero attached hydrogens (tertiary/aromatic N) is 7. The molecule has 1 aliphatic carbocycles. The van der Waals surface area contributed by atoms with Gasteiger partial charge in [0.05, 0.1) is 17.3 Å². The van der Waals surface area contributed by atoms with Crippen LogP contribution in [0.4, 0.5) is 11.5 Å². The second kappa shape index (κ2) is 13.4. The van der Waals surface area contributed by atoms with Crippen molar-refractivity contribution in [3.05, 3.63) is 76.8 Å². The fourth-order valence-electron chi connectivity index (χ4n) is 6.99. The van der Waals surface area contributed by atoms with Crippen molar-refractivity contribution in [1.29, 1.82) is 0 Å². The lowest BCUT2D eigenvalue weighted by molar-refractivity contribution is -0.128. The number of likely N-dealkylation sites (N-methyl/N-ethyl adjacent to an activating group) is 1. The highest BCUT2D eigenvalue weighted by Crippen LogP contribution is 2.37. The minimum absolute atomic E-state index is 0.136. The Hall–Kier alpha value is -3.87. The maximum atomic E-state index is 12.6. The lowest BCUT2D eigenvalue weighted by atomic mass is 10.0. The van der Waals surface area contributed by atoms with Gasteiger partial charge in [-0.05, 0) is 49.9 Å². The Bertz CT molecular complexity index is 1560. The van der Waals surface area contributed by atoms with Gasteiger partial charge in [0.25, 0.3) is 0 Å². The van der Waals surface area contributed by atoms with Gasteiger partial charge in [-0.3, -0.25) is 4.79 Å². The Morgan fingerprint density at radius 1 is 1.16 bits per heavy atom. The molecule has 2 fully saturated rings. The number of hydrogen-bond donors (Lipinski definition) is 0. The molecule has 1 aromatic heterocycles. The van der Waals surface area contributed by atoms with Gasteiger partial charge >= 0.3 is 6.01 Å². The van der Waals surface area contributed by atoms with Gasteiger partial charge in [-0.2, -0.15) is 9.97 Å². The molecule has 1 saturated carbocycles. The van der Waals surface area contributed by atoms with Gasteiger partial charge in [0.1, 0.15) is 18.5 Å². The van der Waals surface area contributed by atoms with Gasteiger partial charge in [0.15, 0.2) is 0 Å². The summed E-state index contributed by atoms with van der Waals surface area (Å²) in [5.74, 6) is 0.716. The zero-order valence-electron chi connectivity index (χ0n) is 25.4. The molecule has 44 heavy (non-hydrogen) atoms. The number of piperazine rings is 1. The summed E-state index contributed by atoms with van der Waals surface area (Å²) in [5, 5.41) is 2.89. The highest BCUT2D eigenvalue weighted by atomic mass is 35.5. The highest BCUT2D eigenvalue weighted by molar-refractivity contribution is 6.36. The third-order valence-electron chi connectivity index (χ3n) is 9.36. The second-order valence-electron chi connectivity index (χ2n) is 12.0. The summed E-state index contributed by atoms with van der Waals surface area (Å²) in [7, 11) is 2.17. The summed E-state index contributed by atoms with van der Waals surface area (Å²) in [6.07, 6.45) is 7.18. The fourth-order valence-corrected chi connectivity index (χ4v) is 7.26. The highest BCUT2D eigenvalue weighted by Gasteiger charge is 2.35. The van der Waals surface area contributed by atoms with Crippen LogP contribution in [0.15, 0.2) is 49.1 Å². The van der Waals surface area contributed by atoms with Crippen molar-refractivity contribution in [2.45, 2.75) is 50.7 Å². The molecular weight excluding hydrogens is 574 g/mol. The van der Waals surface area contributed by atoms with Gasteiger partial charge in [-0.1, -0.05) is 55.3 Å². The van der Waals surface area contributed by atoms with E-state index in [1.54, 1.807) is 4.90 Å². The summed E-state index contributed by atoms with van der Waals surface area (Å²) in [5.41, 5.74) is 3.14. The molecule has 230 valence electrons. The van der Waals surface area contributed by atoms with E-state index in [1.807, 2.05) is 12.1 Å². The standard InChI is InChI=1S/C34H40ClN7O2/c1-4-31(43)42-18-17-41(22-26(42)21-36-2)33-27-15-16-40(30-14-8-10-24-9-7-13-28(35)32(24)30)23-29(27)37-34(38-33)44-20-19-39(3)25-11-5-6-12-25/h4,7-10,13-14,25-26H,1,5-6,11-12,15-23H2,3H3/t26-/m0/s1. The van der Waals surface area contributed by atoms with Crippen LogP contribution in [0.25, 0.3) is 15.6 Å². The largest absolute Gasteiger partial charge is 0.462 e. The summed E-state index contributed by atoms with van der Waals surface area (Å²) in [6.45, 7) is 15.8. The third kappa shape index (κ3) is 6.19. The molecule has 10 heteroatoms. The first-order chi connectivity index (χ1) is 21.5. The molecule has 0 unspecified atom stereocenters. The maximum Gasteiger partial charge on any atom is 0.318 e. The number of amides is 1. The molecule has 0 N–H and O–H groups in total. The summed E-state index contributed by atoms with van der Waals surface area (Å²) < 4.78 is 6.26. The van der Waals surface area contributed by atoms with E-state index in [0.717, 1.165) is 58.1 Å². The Morgan fingerprint density at radius 3 is 2.73 bits per heavy atom. The smallest absolute Gasteiger partial charge is 0.318 e. The molecular formula is C34H40ClN7O2. The first-order valence-electron chi connectivity index (χ1n) is 15.6. The van der Waals surface area contributed by atoms with Crippen LogP contribution in [0, 0.1) is 6.57 Å². The number of anilines is 2. The quantitative estimate of drug-likeness (QED) is 0.242. The van der Waals surface area contributed by atoms with E-state index in [2.05, 4.69) is 57.4 Å². The summed E-state index contributed by atoms with van der Waals surface area (Å²) in [4.78, 5) is 34.9. The van der Waals surface area contributed by atoms with Crippen LogP contribution in [0.5, 0.6) is 6.01 Å². The third-order valence-corrected chi connectivity index (χ3v) is 9.68. The summed E-state index contributed by atoms with van der Waals surface area (Å²) >= 11 is 6.71. The SMILES string of the molecule is [C-]#[N+]C[C@H]1CN(c2nc(OCCN(C)C3CCCC3)nc3c2CCN(c2cccc4cccc(Cl)c24)C3)CCN1C(=O)C=C. The van der Waals surface area contributed by atoms with E-state index in [-0.39, 0.29) is 18.5 Å². The summed E-state index contributed by atoms with van der Waals surface area (Å²) in [6, 6.07) is 13.1. The van der Waals surface area contributed by atoms with Crippen molar-refractivity contribution in [2.75, 3.05) is 62.7 Å². The molecule has 6 rings (SSSR count). The van der Waals surface area contributed by atoms with Gasteiger partial charge in [0, 0.05) is 55.4 Å². The van der Waals surface area contributed by atoms with Crippen LogP contribution >= 0.6 is 11.6 Å². The van der Waals surface area contributed by atoms with Crippen LogP contribution in [0.2, 0.25) is 5.02 Å². The average molecular weight is 614 g/mol. The van der Waals surface area contributed by atoms with Crippen LogP contribution < -0.4 is 14.5 Å². The van der Waals surface area contributed by atoms with E-state index in [4.69, 9.17) is 32.9 Å². The van der Waals surface area contributed by atoms with Crippen molar-refractivity contribution in [1.82, 2.24) is 19.8 Å². The molecule has 1 saturated heterocycles. The number of carbonyl (C=O) groups excluding carboxylic acids is 1. The van der Waals surface area contributed by atoms with Gasteiger partial charge in [-0.25, -0.2) is 6.57 Å². The zero-order chi connectivity index (χ0) is 30.6. The molecule has 2 aliphatic heterocycles. The van der Waals surface area contributed by atoms with E-state index in [1.165, 1.54) is 31.8 Å². The van der Waals surface area contributed by atoms with Crippen molar-refractivity contribution in [3.8, 4) is 6.01 Å². The van der Waals surface area contributed by atoms with E-state index in [9.17, 15) is 4.79 Å². The number of rotatable bonds is 9. The molecule has 1 amide bonds. The molecule has 0 radical (unpaired) electrons. The second-order valence-corrected chi connectivity index (χ2v) is 12.4. The molecule has 0 bridgehead atoms. The van der Waals surface area contributed by atoms with Crippen LogP contribution in [0.3, 0.4) is 0 Å². The predicted octanol–water partition coefficient (Wildman–Crippen LogP) is 5.22. The van der Waals surface area contributed by atoms with Crippen LogP contribution in [-0.4, -0.2) is 90.7 Å². The van der Waals surface area contributed by atoms with Gasteiger partial charge in [0.2, 0.25) is 12.5 Å². The van der Waals surface area contributed by atoms with E-state index < -0.39 is 0 Å². The van der Waals surface area contributed by atoms with Crippen molar-refractivity contribution in [2.24, 2.45) is 0 Å². The number of ether oxygens (including phenoxy) is 1. The number of carbonyl (C=O) groups is 1. The molecule has 2 aromatic carbocycles. The monoisotopic (exact) mass is 613 g/mol. The minimum Gasteiger partial charge on any atom is -0.462 e. The Labute approximate surface area is 264 Å². The average Bonchev–Trinajstić information content (AvgIpc) is 3.59. The predicted molar refractivity (Wildman–Crippen MR) is 176 cm³/mol. The van der Waals surface area contributed by atoms with Crippen molar-refractivity contribution >= 4 is 39.8 Å². The van der Waals surface area contributed by atoms with E-state index in [0.29, 0.717) is 44.8 Å². The molecule has 0 spiro atoms. The normalized spacial score (nSPS) is 18.9. The lowest BCUT2D eigenvalue weighted by Gasteiger charge is -2.41. The molecule has 3 aliphatic rings. The first-order valence-corrected chi connectivity index (χ1v) is 16.0. The van der Waals surface area contributed by atoms with E-state index >= 15 is 0 Å². The first kappa shape index (κ1) is 30.2. The van der Waals surface area contributed by atoms with Gasteiger partial charge in [-0.15, -0.1) is 0 Å². The molecule has 9 nitrogen and oxygen atoms in total. The zero-order valence-corrected chi connectivity index (χ0v) is 26.2. The Balaban J connectivity index is 1.30. The topological polar surface area (TPSA) is 69.4 Å². The van der Waals surface area contributed by atoms with Crippen LogP contribution in [0.1, 0.15) is 36.9 Å². The maximum absolute atomic E-state index is 12.6. The Morgan fingerprint density at radius 2 is 1.95 bits per heavy atom. The van der Waals surface area contributed by atoms with Gasteiger partial charge < -0.3 is 29.2 Å². The van der Waals surface area contributed by atoms with Crippen LogP contribution in [-0.2, 0) is 17.8 Å². The number of hydrogen-bond acceptors (Lipinski definition) is 7. The molecule has 3 heterocycles. The number of fused-ring (bicyclic) bond motifs is 2. The van der Waals surface area contributed by atoms with Crippen molar-refractivity contribution in [3.63, 3.8) is 0 Å². The molecule has 3 aromatic rings. The lowest BCUT2D eigenvalue weighted by Crippen LogP contribution is -2.56. The Kier molecular flexibility index (Phi) is 9.20. The van der Waals surface area contributed by atoms with Crippen molar-refractivity contribution < 1.29 is 9.53 Å². The number of benzene rings is 2. The fraction of sp³-hybridized carbons (Fsp3) is 0.471. The number of aromatic nitrogens is 2. The molecule has 1 atom stereocenters.